The largest absolute Gasteiger partial charge is 0.288 e. The first-order chi connectivity index (χ1) is 7.56. The first kappa shape index (κ1) is 11.8. The number of halogens is 2. The number of aryl methyl sites for hydroxylation is 1. The second-order valence-corrected chi connectivity index (χ2v) is 6.04. The Hall–Kier alpha value is -0.640. The number of carbonyl (C=O) groups excluding carboxylic acids is 1. The lowest BCUT2D eigenvalue weighted by Gasteiger charge is -2.00. The third-order valence-corrected chi connectivity index (χ3v) is 3.76. The van der Waals surface area contributed by atoms with Gasteiger partial charge in [0.25, 0.3) is 0 Å². The van der Waals surface area contributed by atoms with Crippen LogP contribution in [0.1, 0.15) is 20.1 Å². The summed E-state index contributed by atoms with van der Waals surface area (Å²) < 4.78 is 0.816. The zero-order valence-corrected chi connectivity index (χ0v) is 11.6. The molecule has 1 nitrogen and oxygen atoms in total. The molecule has 0 atom stereocenters. The van der Waals surface area contributed by atoms with E-state index in [0.717, 1.165) is 14.2 Å². The summed E-state index contributed by atoms with van der Waals surface area (Å²) in [4.78, 5) is 14.0. The molecule has 1 aromatic heterocycles. The highest BCUT2D eigenvalue weighted by atomic mass is 79.9. The van der Waals surface area contributed by atoms with Crippen molar-refractivity contribution in [1.82, 2.24) is 0 Å². The average Bonchev–Trinajstić information content (AvgIpc) is 2.62. The average molecular weight is 316 g/mol. The number of carbonyl (C=O) groups is 1. The van der Waals surface area contributed by atoms with Crippen LogP contribution >= 0.6 is 38.9 Å². The Morgan fingerprint density at radius 1 is 1.31 bits per heavy atom. The molecule has 16 heavy (non-hydrogen) atoms. The fourth-order valence-corrected chi connectivity index (χ4v) is 3.07. The van der Waals surface area contributed by atoms with E-state index in [1.165, 1.54) is 11.3 Å². The van der Waals surface area contributed by atoms with E-state index in [0.29, 0.717) is 10.6 Å². The molecular formula is C12H8BrClOS. The van der Waals surface area contributed by atoms with Gasteiger partial charge in [0.15, 0.2) is 0 Å². The van der Waals surface area contributed by atoms with Crippen LogP contribution in [-0.4, -0.2) is 5.78 Å². The summed E-state index contributed by atoms with van der Waals surface area (Å²) in [6.07, 6.45) is 0. The highest BCUT2D eigenvalue weighted by molar-refractivity contribution is 9.10. The van der Waals surface area contributed by atoms with Gasteiger partial charge < -0.3 is 0 Å². The van der Waals surface area contributed by atoms with E-state index in [2.05, 4.69) is 15.9 Å². The summed E-state index contributed by atoms with van der Waals surface area (Å²) in [5, 5.41) is 0.561. The maximum atomic E-state index is 12.1. The number of hydrogen-bond donors (Lipinski definition) is 0. The van der Waals surface area contributed by atoms with Crippen LogP contribution in [0, 0.1) is 6.92 Å². The van der Waals surface area contributed by atoms with Gasteiger partial charge in [-0.15, -0.1) is 11.3 Å². The van der Waals surface area contributed by atoms with Gasteiger partial charge in [0.1, 0.15) is 0 Å². The second kappa shape index (κ2) is 4.70. The summed E-state index contributed by atoms with van der Waals surface area (Å²) in [5.74, 6) is 0.0151. The van der Waals surface area contributed by atoms with Crippen molar-refractivity contribution >= 4 is 44.7 Å². The Kier molecular flexibility index (Phi) is 3.47. The van der Waals surface area contributed by atoms with Crippen LogP contribution in [0.2, 0.25) is 5.02 Å². The number of thiophene rings is 1. The molecular weight excluding hydrogens is 308 g/mol. The van der Waals surface area contributed by atoms with Crippen molar-refractivity contribution in [2.24, 2.45) is 0 Å². The van der Waals surface area contributed by atoms with Crippen molar-refractivity contribution in [3.8, 4) is 0 Å². The van der Waals surface area contributed by atoms with E-state index >= 15 is 0 Å². The highest BCUT2D eigenvalue weighted by Crippen LogP contribution is 2.24. The minimum Gasteiger partial charge on any atom is -0.288 e. The molecule has 4 heteroatoms. The lowest BCUT2D eigenvalue weighted by molar-refractivity contribution is 0.104. The third kappa shape index (κ3) is 2.54. The molecule has 82 valence electrons. The monoisotopic (exact) mass is 314 g/mol. The maximum absolute atomic E-state index is 12.1. The zero-order chi connectivity index (χ0) is 11.7. The topological polar surface area (TPSA) is 17.1 Å². The van der Waals surface area contributed by atoms with Gasteiger partial charge in [-0.1, -0.05) is 27.5 Å². The lowest BCUT2D eigenvalue weighted by atomic mass is 10.1. The Morgan fingerprint density at radius 2 is 2.06 bits per heavy atom. The minimum absolute atomic E-state index is 0.0151. The zero-order valence-electron chi connectivity index (χ0n) is 8.46. The fraction of sp³-hybridized carbons (Fsp3) is 0.0833. The molecule has 0 radical (unpaired) electrons. The fourth-order valence-electron chi connectivity index (χ4n) is 1.38. The van der Waals surface area contributed by atoms with Crippen LogP contribution < -0.4 is 0 Å². The normalized spacial score (nSPS) is 10.4. The van der Waals surface area contributed by atoms with Crippen molar-refractivity contribution < 1.29 is 4.79 Å². The third-order valence-electron chi connectivity index (χ3n) is 2.09. The Morgan fingerprint density at radius 3 is 2.62 bits per heavy atom. The van der Waals surface area contributed by atoms with Gasteiger partial charge in [0.05, 0.1) is 4.88 Å². The van der Waals surface area contributed by atoms with Crippen molar-refractivity contribution in [1.29, 1.82) is 0 Å². The van der Waals surface area contributed by atoms with Gasteiger partial charge >= 0.3 is 0 Å². The molecule has 0 saturated heterocycles. The summed E-state index contributed by atoms with van der Waals surface area (Å²) >= 11 is 10.7. The molecule has 0 spiro atoms. The van der Waals surface area contributed by atoms with Gasteiger partial charge in [-0.3, -0.25) is 4.79 Å². The second-order valence-electron chi connectivity index (χ2n) is 3.40. The summed E-state index contributed by atoms with van der Waals surface area (Å²) in [6, 6.07) is 9.01. The molecule has 0 aliphatic rings. The summed E-state index contributed by atoms with van der Waals surface area (Å²) in [5.41, 5.74) is 0.612. The van der Waals surface area contributed by atoms with Crippen molar-refractivity contribution in [2.75, 3.05) is 0 Å². The van der Waals surface area contributed by atoms with Crippen LogP contribution in [0.25, 0.3) is 0 Å². The number of hydrogen-bond acceptors (Lipinski definition) is 2. The molecule has 0 N–H and O–H groups in total. The Balaban J connectivity index is 2.41. The molecule has 0 bridgehead atoms. The first-order valence-electron chi connectivity index (χ1n) is 4.63. The van der Waals surface area contributed by atoms with Crippen LogP contribution in [0.5, 0.6) is 0 Å². The van der Waals surface area contributed by atoms with Crippen LogP contribution in [-0.2, 0) is 0 Å². The molecule has 0 aliphatic carbocycles. The quantitative estimate of drug-likeness (QED) is 0.734. The smallest absolute Gasteiger partial charge is 0.203 e. The molecule has 1 aromatic carbocycles. The van der Waals surface area contributed by atoms with Gasteiger partial charge in [0.2, 0.25) is 5.78 Å². The Labute approximate surface area is 111 Å². The summed E-state index contributed by atoms with van der Waals surface area (Å²) in [7, 11) is 0. The van der Waals surface area contributed by atoms with E-state index in [1.54, 1.807) is 18.2 Å². The SMILES string of the molecule is Cc1ccc(C(=O)c2cc(Cl)cc(Br)c2)s1. The highest BCUT2D eigenvalue weighted by Gasteiger charge is 2.12. The molecule has 0 unspecified atom stereocenters. The van der Waals surface area contributed by atoms with Gasteiger partial charge in [-0.05, 0) is 37.3 Å². The minimum atomic E-state index is 0.0151. The predicted octanol–water partition coefficient (Wildman–Crippen LogP) is 4.70. The molecule has 2 rings (SSSR count). The lowest BCUT2D eigenvalue weighted by Crippen LogP contribution is -1.98. The van der Waals surface area contributed by atoms with Crippen molar-refractivity contribution in [3.05, 3.63) is 55.1 Å². The van der Waals surface area contributed by atoms with Gasteiger partial charge in [-0.25, -0.2) is 0 Å². The number of rotatable bonds is 2. The molecule has 2 aromatic rings. The number of benzene rings is 1. The van der Waals surface area contributed by atoms with E-state index in [1.807, 2.05) is 19.1 Å². The predicted molar refractivity (Wildman–Crippen MR) is 71.6 cm³/mol. The molecule has 1 heterocycles. The maximum Gasteiger partial charge on any atom is 0.203 e. The van der Waals surface area contributed by atoms with E-state index < -0.39 is 0 Å². The van der Waals surface area contributed by atoms with Crippen LogP contribution in [0.3, 0.4) is 0 Å². The van der Waals surface area contributed by atoms with E-state index in [9.17, 15) is 4.79 Å². The molecule has 0 saturated carbocycles. The summed E-state index contributed by atoms with van der Waals surface area (Å²) in [6.45, 7) is 1.98. The molecule has 0 aliphatic heterocycles. The molecule has 0 amide bonds. The standard InChI is InChI=1S/C12H8BrClOS/c1-7-2-3-11(16-7)12(15)8-4-9(13)6-10(14)5-8/h2-6H,1H3. The van der Waals surface area contributed by atoms with E-state index in [-0.39, 0.29) is 5.78 Å². The Bertz CT molecular complexity index is 527. The van der Waals surface area contributed by atoms with Crippen LogP contribution in [0.15, 0.2) is 34.8 Å². The van der Waals surface area contributed by atoms with Crippen LogP contribution in [0.4, 0.5) is 0 Å². The van der Waals surface area contributed by atoms with Crippen molar-refractivity contribution in [2.45, 2.75) is 6.92 Å². The van der Waals surface area contributed by atoms with E-state index in [4.69, 9.17) is 11.6 Å². The van der Waals surface area contributed by atoms with Gasteiger partial charge in [0, 0.05) is 19.9 Å². The first-order valence-corrected chi connectivity index (χ1v) is 6.62. The van der Waals surface area contributed by atoms with Crippen molar-refractivity contribution in [3.63, 3.8) is 0 Å². The number of ketones is 1. The molecule has 0 fully saturated rings. The van der Waals surface area contributed by atoms with Gasteiger partial charge in [-0.2, -0.15) is 0 Å².